The average molecular weight is 223 g/mol. The van der Waals surface area contributed by atoms with Crippen LogP contribution in [0.3, 0.4) is 0 Å². The maximum atomic E-state index is 5.70. The fourth-order valence-electron chi connectivity index (χ4n) is 2.38. The Morgan fingerprint density at radius 3 is 2.81 bits per heavy atom. The Morgan fingerprint density at radius 2 is 2.12 bits per heavy atom. The lowest BCUT2D eigenvalue weighted by Gasteiger charge is -2.19. The second kappa shape index (κ2) is 5.43. The van der Waals surface area contributed by atoms with Crippen LogP contribution in [0.5, 0.6) is 0 Å². The summed E-state index contributed by atoms with van der Waals surface area (Å²) in [5, 5.41) is 3.96. The van der Waals surface area contributed by atoms with Crippen LogP contribution in [0.1, 0.15) is 50.7 Å². The standard InChI is InChI=1S/C12H21N3O/c1-9(13)7-11-14-12(16-15-11)8-10-5-3-2-4-6-10/h9-10H,2-8,13H2,1H3. The maximum Gasteiger partial charge on any atom is 0.226 e. The Bertz CT molecular complexity index is 316. The zero-order chi connectivity index (χ0) is 11.4. The van der Waals surface area contributed by atoms with E-state index in [1.807, 2.05) is 6.92 Å². The van der Waals surface area contributed by atoms with Crippen LogP contribution in [0.25, 0.3) is 0 Å². The predicted molar refractivity (Wildman–Crippen MR) is 61.9 cm³/mol. The molecule has 0 aromatic carbocycles. The third-order valence-corrected chi connectivity index (χ3v) is 3.20. The molecule has 1 unspecified atom stereocenters. The quantitative estimate of drug-likeness (QED) is 0.848. The number of aromatic nitrogens is 2. The predicted octanol–water partition coefficient (Wildman–Crippen LogP) is 2.08. The van der Waals surface area contributed by atoms with E-state index in [4.69, 9.17) is 10.3 Å². The molecule has 90 valence electrons. The lowest BCUT2D eigenvalue weighted by Crippen LogP contribution is -2.18. The van der Waals surface area contributed by atoms with Crippen LogP contribution >= 0.6 is 0 Å². The summed E-state index contributed by atoms with van der Waals surface area (Å²) in [6.07, 6.45) is 8.36. The van der Waals surface area contributed by atoms with Gasteiger partial charge in [0.25, 0.3) is 0 Å². The summed E-state index contributed by atoms with van der Waals surface area (Å²) in [6.45, 7) is 1.96. The first kappa shape index (κ1) is 11.6. The highest BCUT2D eigenvalue weighted by Gasteiger charge is 2.17. The SMILES string of the molecule is CC(N)Cc1noc(CC2CCCCC2)n1. The van der Waals surface area contributed by atoms with Crippen LogP contribution in [-0.4, -0.2) is 16.2 Å². The van der Waals surface area contributed by atoms with Crippen molar-refractivity contribution in [1.29, 1.82) is 0 Å². The van der Waals surface area contributed by atoms with E-state index in [9.17, 15) is 0 Å². The van der Waals surface area contributed by atoms with Crippen LogP contribution in [-0.2, 0) is 12.8 Å². The summed E-state index contributed by atoms with van der Waals surface area (Å²) in [5.74, 6) is 2.29. The van der Waals surface area contributed by atoms with E-state index in [1.54, 1.807) is 0 Å². The molecular formula is C12H21N3O. The van der Waals surface area contributed by atoms with Gasteiger partial charge in [-0.3, -0.25) is 0 Å². The Labute approximate surface area is 96.6 Å². The number of hydrogen-bond acceptors (Lipinski definition) is 4. The van der Waals surface area contributed by atoms with Crippen molar-refractivity contribution >= 4 is 0 Å². The van der Waals surface area contributed by atoms with Crippen LogP contribution in [0, 0.1) is 5.92 Å². The lowest BCUT2D eigenvalue weighted by atomic mass is 9.87. The molecule has 16 heavy (non-hydrogen) atoms. The number of nitrogens with two attached hydrogens (primary N) is 1. The zero-order valence-electron chi connectivity index (χ0n) is 9.98. The van der Waals surface area contributed by atoms with Crippen molar-refractivity contribution in [3.8, 4) is 0 Å². The smallest absolute Gasteiger partial charge is 0.226 e. The van der Waals surface area contributed by atoms with Crippen molar-refractivity contribution < 1.29 is 4.52 Å². The summed E-state index contributed by atoms with van der Waals surface area (Å²) >= 11 is 0. The van der Waals surface area contributed by atoms with Crippen LogP contribution in [0.15, 0.2) is 4.52 Å². The molecule has 1 aromatic heterocycles. The molecule has 1 heterocycles. The molecule has 0 spiro atoms. The molecule has 0 amide bonds. The van der Waals surface area contributed by atoms with E-state index in [0.717, 1.165) is 24.1 Å². The fourth-order valence-corrected chi connectivity index (χ4v) is 2.38. The Hall–Kier alpha value is -0.900. The van der Waals surface area contributed by atoms with Crippen molar-refractivity contribution in [3.63, 3.8) is 0 Å². The summed E-state index contributed by atoms with van der Waals surface area (Å²) in [4.78, 5) is 4.39. The van der Waals surface area contributed by atoms with E-state index >= 15 is 0 Å². The molecule has 0 bridgehead atoms. The first-order chi connectivity index (χ1) is 7.74. The fraction of sp³-hybridized carbons (Fsp3) is 0.833. The third kappa shape index (κ3) is 3.30. The van der Waals surface area contributed by atoms with Gasteiger partial charge < -0.3 is 10.3 Å². The Balaban J connectivity index is 1.86. The largest absolute Gasteiger partial charge is 0.339 e. The van der Waals surface area contributed by atoms with Crippen molar-refractivity contribution in [1.82, 2.24) is 10.1 Å². The molecule has 1 fully saturated rings. The second-order valence-corrected chi connectivity index (χ2v) is 4.99. The molecule has 0 radical (unpaired) electrons. The van der Waals surface area contributed by atoms with Crippen LogP contribution in [0.4, 0.5) is 0 Å². The summed E-state index contributed by atoms with van der Waals surface area (Å²) in [6, 6.07) is 0.0973. The highest BCUT2D eigenvalue weighted by atomic mass is 16.5. The molecule has 2 N–H and O–H groups in total. The monoisotopic (exact) mass is 223 g/mol. The number of nitrogens with zero attached hydrogens (tertiary/aromatic N) is 2. The van der Waals surface area contributed by atoms with Gasteiger partial charge in [0.05, 0.1) is 0 Å². The van der Waals surface area contributed by atoms with E-state index < -0.39 is 0 Å². The molecule has 1 saturated carbocycles. The summed E-state index contributed by atoms with van der Waals surface area (Å²) < 4.78 is 5.25. The van der Waals surface area contributed by atoms with Crippen LogP contribution in [0.2, 0.25) is 0 Å². The topological polar surface area (TPSA) is 64.9 Å². The maximum absolute atomic E-state index is 5.70. The van der Waals surface area contributed by atoms with E-state index in [-0.39, 0.29) is 6.04 Å². The molecule has 1 aliphatic carbocycles. The zero-order valence-corrected chi connectivity index (χ0v) is 9.98. The van der Waals surface area contributed by atoms with Gasteiger partial charge in [-0.1, -0.05) is 24.4 Å². The molecule has 0 saturated heterocycles. The van der Waals surface area contributed by atoms with Crippen molar-refractivity contribution in [3.05, 3.63) is 11.7 Å². The minimum atomic E-state index is 0.0973. The van der Waals surface area contributed by atoms with Crippen molar-refractivity contribution in [2.24, 2.45) is 11.7 Å². The number of rotatable bonds is 4. The first-order valence-electron chi connectivity index (χ1n) is 6.31. The lowest BCUT2D eigenvalue weighted by molar-refractivity contribution is 0.303. The van der Waals surface area contributed by atoms with Gasteiger partial charge in [0.2, 0.25) is 5.89 Å². The summed E-state index contributed by atoms with van der Waals surface area (Å²) in [7, 11) is 0. The highest BCUT2D eigenvalue weighted by molar-refractivity contribution is 4.90. The molecule has 2 rings (SSSR count). The third-order valence-electron chi connectivity index (χ3n) is 3.20. The molecule has 4 heteroatoms. The van der Waals surface area contributed by atoms with Gasteiger partial charge in [0.15, 0.2) is 5.82 Å². The van der Waals surface area contributed by atoms with E-state index in [0.29, 0.717) is 6.42 Å². The van der Waals surface area contributed by atoms with Gasteiger partial charge in [-0.2, -0.15) is 4.98 Å². The van der Waals surface area contributed by atoms with Gasteiger partial charge in [-0.15, -0.1) is 0 Å². The molecule has 0 aliphatic heterocycles. The molecule has 1 atom stereocenters. The second-order valence-electron chi connectivity index (χ2n) is 4.99. The van der Waals surface area contributed by atoms with Gasteiger partial charge in [-0.25, -0.2) is 0 Å². The minimum absolute atomic E-state index is 0.0973. The normalized spacial score (nSPS) is 19.9. The van der Waals surface area contributed by atoms with Gasteiger partial charge in [0.1, 0.15) is 0 Å². The Kier molecular flexibility index (Phi) is 3.93. The van der Waals surface area contributed by atoms with E-state index in [2.05, 4.69) is 10.1 Å². The first-order valence-corrected chi connectivity index (χ1v) is 6.31. The minimum Gasteiger partial charge on any atom is -0.339 e. The summed E-state index contributed by atoms with van der Waals surface area (Å²) in [5.41, 5.74) is 5.70. The van der Waals surface area contributed by atoms with E-state index in [1.165, 1.54) is 32.1 Å². The van der Waals surface area contributed by atoms with Crippen LogP contribution < -0.4 is 5.73 Å². The molecule has 4 nitrogen and oxygen atoms in total. The van der Waals surface area contributed by atoms with Gasteiger partial charge >= 0.3 is 0 Å². The molecule has 1 aliphatic rings. The highest BCUT2D eigenvalue weighted by Crippen LogP contribution is 2.26. The van der Waals surface area contributed by atoms with Gasteiger partial charge in [0, 0.05) is 18.9 Å². The average Bonchev–Trinajstić information content (AvgIpc) is 2.66. The van der Waals surface area contributed by atoms with Gasteiger partial charge in [-0.05, 0) is 25.7 Å². The molecular weight excluding hydrogens is 202 g/mol. The Morgan fingerprint density at radius 1 is 1.38 bits per heavy atom. The van der Waals surface area contributed by atoms with Crippen molar-refractivity contribution in [2.45, 2.75) is 57.9 Å². The number of hydrogen-bond donors (Lipinski definition) is 1. The molecule has 1 aromatic rings. The van der Waals surface area contributed by atoms with Crippen molar-refractivity contribution in [2.75, 3.05) is 0 Å².